The van der Waals surface area contributed by atoms with Crippen LogP contribution in [0.1, 0.15) is 39.0 Å². The number of nitrogens with one attached hydrogen (secondary N) is 1. The molecule has 2 rings (SSSR count). The summed E-state index contributed by atoms with van der Waals surface area (Å²) in [5, 5.41) is 21.2. The van der Waals surface area contributed by atoms with Gasteiger partial charge in [-0.25, -0.2) is 13.5 Å². The fraction of sp³-hybridized carbons (Fsp3) is 0.533. The molecule has 0 radical (unpaired) electrons. The van der Waals surface area contributed by atoms with Crippen molar-refractivity contribution in [3.63, 3.8) is 0 Å². The van der Waals surface area contributed by atoms with Gasteiger partial charge in [0.15, 0.2) is 5.25 Å². The van der Waals surface area contributed by atoms with Crippen molar-refractivity contribution in [1.82, 2.24) is 0 Å². The Morgan fingerprint density at radius 1 is 1.30 bits per heavy atom. The summed E-state index contributed by atoms with van der Waals surface area (Å²) >= 11 is 0. The second-order valence-corrected chi connectivity index (χ2v) is 7.82. The van der Waals surface area contributed by atoms with Gasteiger partial charge in [0, 0.05) is 0 Å². The zero-order valence-corrected chi connectivity index (χ0v) is 13.8. The van der Waals surface area contributed by atoms with Crippen LogP contribution in [0.2, 0.25) is 0 Å². The van der Waals surface area contributed by atoms with Crippen LogP contribution in [0.4, 0.5) is 11.4 Å². The van der Waals surface area contributed by atoms with E-state index in [-0.39, 0.29) is 6.42 Å². The van der Waals surface area contributed by atoms with Gasteiger partial charge in [-0.1, -0.05) is 44.7 Å². The van der Waals surface area contributed by atoms with E-state index in [1.165, 1.54) is 0 Å². The number of aliphatic carboxylic acids is 1. The second-order valence-electron chi connectivity index (χ2n) is 5.62. The Labute approximate surface area is 135 Å². The van der Waals surface area contributed by atoms with Crippen molar-refractivity contribution in [2.45, 2.75) is 49.8 Å². The minimum absolute atomic E-state index is 0.0417. The molecule has 0 amide bonds. The molecule has 128 valence electrons. The van der Waals surface area contributed by atoms with Crippen LogP contribution in [0.5, 0.6) is 0 Å². The molecule has 0 bridgehead atoms. The van der Waals surface area contributed by atoms with E-state index in [1.54, 1.807) is 24.3 Å². The normalized spacial score (nSPS) is 18.3. The SMILES string of the molecule is CCCCCCC(C(=O)O)S(=O)(=O)C1Nc2ccccc2N1O. The number of hydroxylamine groups is 1. The highest BCUT2D eigenvalue weighted by Gasteiger charge is 2.45. The smallest absolute Gasteiger partial charge is 0.322 e. The molecule has 23 heavy (non-hydrogen) atoms. The number of unbranched alkanes of at least 4 members (excludes halogenated alkanes) is 3. The number of carboxylic acid groups (broad SMARTS) is 1. The van der Waals surface area contributed by atoms with Crippen molar-refractivity contribution < 1.29 is 23.5 Å². The lowest BCUT2D eigenvalue weighted by Crippen LogP contribution is -2.47. The van der Waals surface area contributed by atoms with Crippen LogP contribution in [0.25, 0.3) is 0 Å². The van der Waals surface area contributed by atoms with Crippen LogP contribution in [-0.4, -0.2) is 35.4 Å². The first-order chi connectivity index (χ1) is 10.9. The van der Waals surface area contributed by atoms with Gasteiger partial charge in [-0.05, 0) is 18.6 Å². The topological polar surface area (TPSA) is 107 Å². The summed E-state index contributed by atoms with van der Waals surface area (Å²) in [5.74, 6) is -1.38. The van der Waals surface area contributed by atoms with Gasteiger partial charge in [0.1, 0.15) is 0 Å². The minimum atomic E-state index is -4.14. The average Bonchev–Trinajstić information content (AvgIpc) is 2.85. The van der Waals surface area contributed by atoms with E-state index in [0.717, 1.165) is 19.3 Å². The van der Waals surface area contributed by atoms with E-state index < -0.39 is 26.6 Å². The number of para-hydroxylation sites is 2. The minimum Gasteiger partial charge on any atom is -0.480 e. The van der Waals surface area contributed by atoms with Gasteiger partial charge in [-0.3, -0.25) is 10.0 Å². The Hall–Kier alpha value is -1.80. The van der Waals surface area contributed by atoms with Gasteiger partial charge in [-0.2, -0.15) is 0 Å². The molecule has 0 saturated carbocycles. The molecule has 0 spiro atoms. The van der Waals surface area contributed by atoms with Crippen LogP contribution in [-0.2, 0) is 14.6 Å². The summed E-state index contributed by atoms with van der Waals surface area (Å²) in [4.78, 5) is 11.4. The fourth-order valence-corrected chi connectivity index (χ4v) is 4.45. The Morgan fingerprint density at radius 3 is 2.61 bits per heavy atom. The molecule has 7 nitrogen and oxygen atoms in total. The third kappa shape index (κ3) is 3.59. The quantitative estimate of drug-likeness (QED) is 0.623. The van der Waals surface area contributed by atoms with E-state index in [9.17, 15) is 23.5 Å². The van der Waals surface area contributed by atoms with Gasteiger partial charge in [0.25, 0.3) is 0 Å². The number of anilines is 2. The van der Waals surface area contributed by atoms with E-state index in [0.29, 0.717) is 22.9 Å². The van der Waals surface area contributed by atoms with Crippen LogP contribution in [0.15, 0.2) is 24.3 Å². The first-order valence-electron chi connectivity index (χ1n) is 7.68. The summed E-state index contributed by atoms with van der Waals surface area (Å²) in [6, 6.07) is 6.56. The molecule has 0 fully saturated rings. The van der Waals surface area contributed by atoms with Gasteiger partial charge in [-0.15, -0.1) is 0 Å². The number of rotatable bonds is 8. The molecule has 8 heteroatoms. The zero-order valence-electron chi connectivity index (χ0n) is 13.0. The van der Waals surface area contributed by atoms with Crippen LogP contribution in [0.3, 0.4) is 0 Å². The summed E-state index contributed by atoms with van der Waals surface area (Å²) in [7, 11) is -4.14. The van der Waals surface area contributed by atoms with Crippen LogP contribution < -0.4 is 10.4 Å². The summed E-state index contributed by atoms with van der Waals surface area (Å²) in [6.07, 6.45) is 3.27. The molecule has 0 saturated heterocycles. The van der Waals surface area contributed by atoms with Gasteiger partial charge in [0.05, 0.1) is 11.4 Å². The lowest BCUT2D eigenvalue weighted by Gasteiger charge is -2.23. The van der Waals surface area contributed by atoms with Crippen LogP contribution in [0, 0.1) is 0 Å². The molecular weight excluding hydrogens is 320 g/mol. The first kappa shape index (κ1) is 17.6. The maximum Gasteiger partial charge on any atom is 0.322 e. The van der Waals surface area contributed by atoms with Crippen molar-refractivity contribution in [2.24, 2.45) is 0 Å². The fourth-order valence-electron chi connectivity index (χ4n) is 2.68. The second kappa shape index (κ2) is 7.18. The highest BCUT2D eigenvalue weighted by molar-refractivity contribution is 7.93. The summed E-state index contributed by atoms with van der Waals surface area (Å²) in [6.45, 7) is 2.02. The van der Waals surface area contributed by atoms with Crippen LogP contribution >= 0.6 is 0 Å². The number of benzene rings is 1. The van der Waals surface area contributed by atoms with Crippen molar-refractivity contribution in [2.75, 3.05) is 10.4 Å². The number of fused-ring (bicyclic) bond motifs is 1. The van der Waals surface area contributed by atoms with Crippen molar-refractivity contribution in [1.29, 1.82) is 0 Å². The predicted molar refractivity (Wildman–Crippen MR) is 87.2 cm³/mol. The third-order valence-corrected chi connectivity index (χ3v) is 6.13. The molecule has 2 unspecified atom stereocenters. The van der Waals surface area contributed by atoms with E-state index in [2.05, 4.69) is 5.32 Å². The Kier molecular flexibility index (Phi) is 5.48. The number of nitrogens with zero attached hydrogens (tertiary/aromatic N) is 1. The summed E-state index contributed by atoms with van der Waals surface area (Å²) in [5.41, 5.74) is -0.706. The number of hydrogen-bond donors (Lipinski definition) is 3. The molecule has 1 heterocycles. The monoisotopic (exact) mass is 342 g/mol. The maximum atomic E-state index is 12.7. The standard InChI is InChI=1S/C15H22N2O5S/c1-2-3-4-5-10-13(14(18)19)23(21,22)15-16-11-8-6-7-9-12(11)17(15)20/h6-9,13,15-16,20H,2-5,10H2,1H3,(H,18,19). The predicted octanol–water partition coefficient (Wildman–Crippen LogP) is 2.43. The van der Waals surface area contributed by atoms with Crippen molar-refractivity contribution in [3.05, 3.63) is 24.3 Å². The number of hydrogen-bond acceptors (Lipinski definition) is 6. The zero-order chi connectivity index (χ0) is 17.0. The molecule has 0 aromatic heterocycles. The van der Waals surface area contributed by atoms with E-state index >= 15 is 0 Å². The highest BCUT2D eigenvalue weighted by atomic mass is 32.2. The third-order valence-electron chi connectivity index (χ3n) is 3.96. The molecule has 1 aromatic rings. The van der Waals surface area contributed by atoms with Gasteiger partial charge >= 0.3 is 5.97 Å². The van der Waals surface area contributed by atoms with E-state index in [4.69, 9.17) is 0 Å². The Bertz CT molecular complexity index is 662. The average molecular weight is 342 g/mol. The molecule has 1 aliphatic rings. The Balaban J connectivity index is 2.17. The van der Waals surface area contributed by atoms with Crippen molar-refractivity contribution >= 4 is 27.2 Å². The van der Waals surface area contributed by atoms with Gasteiger partial charge in [0.2, 0.25) is 15.3 Å². The maximum absolute atomic E-state index is 12.7. The van der Waals surface area contributed by atoms with Crippen molar-refractivity contribution in [3.8, 4) is 0 Å². The number of carboxylic acids is 1. The molecule has 1 aromatic carbocycles. The molecule has 0 aliphatic carbocycles. The molecular formula is C15H22N2O5S. The number of sulfone groups is 1. The number of carbonyl (C=O) groups is 1. The highest BCUT2D eigenvalue weighted by Crippen LogP contribution is 2.36. The first-order valence-corrected chi connectivity index (χ1v) is 9.29. The molecule has 1 aliphatic heterocycles. The summed E-state index contributed by atoms with van der Waals surface area (Å²) < 4.78 is 25.3. The largest absolute Gasteiger partial charge is 0.480 e. The lowest BCUT2D eigenvalue weighted by atomic mass is 10.1. The Morgan fingerprint density at radius 2 is 2.00 bits per heavy atom. The molecule has 2 atom stereocenters. The molecule has 3 N–H and O–H groups in total. The van der Waals surface area contributed by atoms with E-state index in [1.807, 2.05) is 6.92 Å². The van der Waals surface area contributed by atoms with Gasteiger partial charge < -0.3 is 10.4 Å². The lowest BCUT2D eigenvalue weighted by molar-refractivity contribution is -0.136.